The van der Waals surface area contributed by atoms with Gasteiger partial charge in [-0.15, -0.1) is 0 Å². The number of hydrogen-bond donors (Lipinski definition) is 2. The molecule has 0 unspecified atom stereocenters. The first-order chi connectivity index (χ1) is 8.18. The van der Waals surface area contributed by atoms with Crippen molar-refractivity contribution in [3.05, 3.63) is 0 Å². The Morgan fingerprint density at radius 3 is 2.47 bits per heavy atom. The molecule has 0 atom stereocenters. The molecule has 1 amide bonds. The zero-order valence-electron chi connectivity index (χ0n) is 11.3. The van der Waals surface area contributed by atoms with Crippen LogP contribution in [0.1, 0.15) is 46.0 Å². The van der Waals surface area contributed by atoms with Gasteiger partial charge in [0.2, 0.25) is 5.91 Å². The van der Waals surface area contributed by atoms with Crippen LogP contribution < -0.4 is 11.1 Å². The van der Waals surface area contributed by atoms with E-state index in [1.165, 1.54) is 12.8 Å². The molecule has 0 heterocycles. The molecule has 1 aliphatic rings. The third-order valence-corrected chi connectivity index (χ3v) is 3.79. The number of carbonyl (C=O) groups is 1. The molecule has 17 heavy (non-hydrogen) atoms. The average Bonchev–Trinajstić information content (AvgIpc) is 2.78. The minimum Gasteiger partial charge on any atom is -0.355 e. The molecule has 100 valence electrons. The molecule has 0 aromatic heterocycles. The minimum absolute atomic E-state index is 0.0844. The van der Waals surface area contributed by atoms with Crippen molar-refractivity contribution in [2.45, 2.75) is 51.5 Å². The lowest BCUT2D eigenvalue weighted by Gasteiger charge is -2.40. The monoisotopic (exact) mass is 241 g/mol. The summed E-state index contributed by atoms with van der Waals surface area (Å²) in [7, 11) is 0. The third kappa shape index (κ3) is 3.68. The first-order valence-corrected chi connectivity index (χ1v) is 6.90. The second-order valence-electron chi connectivity index (χ2n) is 5.01. The number of nitrogens with two attached hydrogens (primary N) is 1. The molecule has 3 N–H and O–H groups in total. The van der Waals surface area contributed by atoms with Crippen LogP contribution >= 0.6 is 0 Å². The van der Waals surface area contributed by atoms with Gasteiger partial charge in [-0.3, -0.25) is 9.69 Å². The van der Waals surface area contributed by atoms with Gasteiger partial charge in [0.15, 0.2) is 0 Å². The van der Waals surface area contributed by atoms with Crippen molar-refractivity contribution in [1.82, 2.24) is 10.2 Å². The lowest BCUT2D eigenvalue weighted by molar-refractivity contribution is -0.123. The summed E-state index contributed by atoms with van der Waals surface area (Å²) in [6.45, 7) is 6.95. The third-order valence-electron chi connectivity index (χ3n) is 3.79. The number of amides is 1. The van der Waals surface area contributed by atoms with Crippen LogP contribution in [0.25, 0.3) is 0 Å². The van der Waals surface area contributed by atoms with Crippen molar-refractivity contribution < 1.29 is 4.79 Å². The van der Waals surface area contributed by atoms with E-state index in [9.17, 15) is 4.79 Å². The van der Waals surface area contributed by atoms with Crippen LogP contribution in [0.2, 0.25) is 0 Å². The Morgan fingerprint density at radius 1 is 1.35 bits per heavy atom. The highest BCUT2D eigenvalue weighted by atomic mass is 16.2. The number of carbonyl (C=O) groups excluding carboxylic acids is 1. The van der Waals surface area contributed by atoms with Gasteiger partial charge in [0.1, 0.15) is 0 Å². The number of hydrogen-bond acceptors (Lipinski definition) is 3. The van der Waals surface area contributed by atoms with Gasteiger partial charge in [-0.2, -0.15) is 0 Å². The molecule has 4 heteroatoms. The van der Waals surface area contributed by atoms with Gasteiger partial charge in [0.05, 0.1) is 6.54 Å². The van der Waals surface area contributed by atoms with Crippen LogP contribution in [0.3, 0.4) is 0 Å². The second kappa shape index (κ2) is 6.97. The summed E-state index contributed by atoms with van der Waals surface area (Å²) in [6.07, 6.45) is 5.84. The lowest BCUT2D eigenvalue weighted by Crippen LogP contribution is -2.55. The maximum atomic E-state index is 11.7. The van der Waals surface area contributed by atoms with Crippen LogP contribution in [0.5, 0.6) is 0 Å². The number of likely N-dealkylation sites (N-methyl/N-ethyl adjacent to an activating group) is 1. The van der Waals surface area contributed by atoms with Crippen LogP contribution in [-0.2, 0) is 4.79 Å². The topological polar surface area (TPSA) is 58.4 Å². The van der Waals surface area contributed by atoms with E-state index in [2.05, 4.69) is 17.1 Å². The Hall–Kier alpha value is -0.610. The van der Waals surface area contributed by atoms with Crippen molar-refractivity contribution in [2.24, 2.45) is 5.73 Å². The van der Waals surface area contributed by atoms with Crippen molar-refractivity contribution >= 4 is 5.91 Å². The lowest BCUT2D eigenvalue weighted by atomic mass is 9.94. The molecule has 0 radical (unpaired) electrons. The molecule has 0 spiro atoms. The Labute approximate surface area is 105 Å². The second-order valence-corrected chi connectivity index (χ2v) is 5.01. The molecule has 4 nitrogen and oxygen atoms in total. The van der Waals surface area contributed by atoms with Gasteiger partial charge in [-0.1, -0.05) is 19.8 Å². The fourth-order valence-corrected chi connectivity index (χ4v) is 2.86. The quantitative estimate of drug-likeness (QED) is 0.702. The van der Waals surface area contributed by atoms with E-state index in [4.69, 9.17) is 5.73 Å². The summed E-state index contributed by atoms with van der Waals surface area (Å²) in [5, 5.41) is 2.88. The van der Waals surface area contributed by atoms with Crippen LogP contribution in [0.4, 0.5) is 0 Å². The van der Waals surface area contributed by atoms with Crippen LogP contribution in [0.15, 0.2) is 0 Å². The van der Waals surface area contributed by atoms with Crippen molar-refractivity contribution in [3.8, 4) is 0 Å². The molecule has 1 rings (SSSR count). The molecule has 0 saturated heterocycles. The summed E-state index contributed by atoms with van der Waals surface area (Å²) < 4.78 is 0. The Kier molecular flexibility index (Phi) is 5.92. The first-order valence-electron chi connectivity index (χ1n) is 6.90. The van der Waals surface area contributed by atoms with Crippen molar-refractivity contribution in [1.29, 1.82) is 0 Å². The minimum atomic E-state index is 0.0844. The molecule has 1 saturated carbocycles. The predicted octanol–water partition coefficient (Wildman–Crippen LogP) is 1.11. The van der Waals surface area contributed by atoms with Gasteiger partial charge in [-0.25, -0.2) is 0 Å². The summed E-state index contributed by atoms with van der Waals surface area (Å²) >= 11 is 0. The molecule has 0 aromatic rings. The molecule has 0 bridgehead atoms. The maximum absolute atomic E-state index is 11.7. The molecule has 1 aliphatic carbocycles. The summed E-state index contributed by atoms with van der Waals surface area (Å²) in [5.41, 5.74) is 6.06. The largest absolute Gasteiger partial charge is 0.355 e. The Morgan fingerprint density at radius 2 is 2.00 bits per heavy atom. The maximum Gasteiger partial charge on any atom is 0.234 e. The van der Waals surface area contributed by atoms with Gasteiger partial charge < -0.3 is 11.1 Å². The van der Waals surface area contributed by atoms with E-state index in [0.29, 0.717) is 19.6 Å². The van der Waals surface area contributed by atoms with Crippen LogP contribution in [-0.4, -0.2) is 42.5 Å². The smallest absolute Gasteiger partial charge is 0.234 e. The van der Waals surface area contributed by atoms with Gasteiger partial charge in [0.25, 0.3) is 0 Å². The zero-order chi connectivity index (χ0) is 12.7. The average molecular weight is 241 g/mol. The standard InChI is InChI=1S/C13H27N3O/c1-3-9-16(10-12(17)15-4-2)13(11-14)7-5-6-8-13/h3-11,14H2,1-2H3,(H,15,17). The molecule has 0 aromatic carbocycles. The fourth-order valence-electron chi connectivity index (χ4n) is 2.86. The molecule has 1 fully saturated rings. The summed E-state index contributed by atoms with van der Waals surface area (Å²) in [6, 6.07) is 0. The van der Waals surface area contributed by atoms with E-state index in [1.807, 2.05) is 6.92 Å². The van der Waals surface area contributed by atoms with E-state index >= 15 is 0 Å². The van der Waals surface area contributed by atoms with E-state index in [0.717, 1.165) is 25.8 Å². The highest BCUT2D eigenvalue weighted by molar-refractivity contribution is 5.78. The molecule has 0 aliphatic heterocycles. The normalized spacial score (nSPS) is 18.6. The predicted molar refractivity (Wildman–Crippen MR) is 70.8 cm³/mol. The van der Waals surface area contributed by atoms with Crippen molar-refractivity contribution in [2.75, 3.05) is 26.2 Å². The summed E-state index contributed by atoms with van der Waals surface area (Å²) in [5.74, 6) is 0.126. The van der Waals surface area contributed by atoms with Crippen molar-refractivity contribution in [3.63, 3.8) is 0 Å². The van der Waals surface area contributed by atoms with Gasteiger partial charge in [-0.05, 0) is 32.7 Å². The molecular weight excluding hydrogens is 214 g/mol. The first kappa shape index (κ1) is 14.5. The zero-order valence-corrected chi connectivity index (χ0v) is 11.3. The SMILES string of the molecule is CCCN(CC(=O)NCC)C1(CN)CCCC1. The highest BCUT2D eigenvalue weighted by Gasteiger charge is 2.38. The highest BCUT2D eigenvalue weighted by Crippen LogP contribution is 2.34. The van der Waals surface area contributed by atoms with Crippen LogP contribution in [0, 0.1) is 0 Å². The summed E-state index contributed by atoms with van der Waals surface area (Å²) in [4.78, 5) is 14.1. The fraction of sp³-hybridized carbons (Fsp3) is 0.923. The van der Waals surface area contributed by atoms with Gasteiger partial charge >= 0.3 is 0 Å². The van der Waals surface area contributed by atoms with Gasteiger partial charge in [0, 0.05) is 18.6 Å². The Bertz CT molecular complexity index is 237. The van der Waals surface area contributed by atoms with E-state index in [1.54, 1.807) is 0 Å². The number of nitrogens with zero attached hydrogens (tertiary/aromatic N) is 1. The number of rotatable bonds is 7. The number of nitrogens with one attached hydrogen (secondary N) is 1. The van der Waals surface area contributed by atoms with E-state index in [-0.39, 0.29) is 11.4 Å². The van der Waals surface area contributed by atoms with E-state index < -0.39 is 0 Å². The molecular formula is C13H27N3O. The Balaban J connectivity index is 2.65.